The highest BCUT2D eigenvalue weighted by Gasteiger charge is 2.21. The third-order valence-electron chi connectivity index (χ3n) is 3.22. The van der Waals surface area contributed by atoms with E-state index in [-0.39, 0.29) is 5.91 Å². The van der Waals surface area contributed by atoms with Gasteiger partial charge in [0.15, 0.2) is 0 Å². The second-order valence-corrected chi connectivity index (χ2v) is 4.81. The molecule has 0 unspecified atom stereocenters. The summed E-state index contributed by atoms with van der Waals surface area (Å²) in [6.07, 6.45) is 4.21. The Morgan fingerprint density at radius 1 is 1.26 bits per heavy atom. The SMILES string of the molecule is CCCNc1cnc(C(=O)N2CCN(C)CC2)cn1. The van der Waals surface area contributed by atoms with Crippen molar-refractivity contribution in [3.63, 3.8) is 0 Å². The van der Waals surface area contributed by atoms with E-state index in [1.807, 2.05) is 4.90 Å². The zero-order valence-corrected chi connectivity index (χ0v) is 11.6. The number of rotatable bonds is 4. The highest BCUT2D eigenvalue weighted by molar-refractivity contribution is 5.92. The fourth-order valence-corrected chi connectivity index (χ4v) is 1.95. The van der Waals surface area contributed by atoms with Gasteiger partial charge >= 0.3 is 0 Å². The molecule has 2 rings (SSSR count). The Kier molecular flexibility index (Phi) is 4.68. The van der Waals surface area contributed by atoms with Gasteiger partial charge in [0.1, 0.15) is 11.5 Å². The van der Waals surface area contributed by atoms with Crippen molar-refractivity contribution in [1.29, 1.82) is 0 Å². The van der Waals surface area contributed by atoms with Crippen molar-refractivity contribution in [2.45, 2.75) is 13.3 Å². The van der Waals surface area contributed by atoms with E-state index < -0.39 is 0 Å². The number of aromatic nitrogens is 2. The summed E-state index contributed by atoms with van der Waals surface area (Å²) in [7, 11) is 2.07. The summed E-state index contributed by atoms with van der Waals surface area (Å²) in [5, 5.41) is 3.14. The van der Waals surface area contributed by atoms with Crippen LogP contribution in [0.15, 0.2) is 12.4 Å². The Morgan fingerprint density at radius 2 is 2.00 bits per heavy atom. The second kappa shape index (κ2) is 6.47. The number of hydrogen-bond acceptors (Lipinski definition) is 5. The van der Waals surface area contributed by atoms with Crippen LogP contribution in [0.3, 0.4) is 0 Å². The lowest BCUT2D eigenvalue weighted by Gasteiger charge is -2.32. The number of piperazine rings is 1. The summed E-state index contributed by atoms with van der Waals surface area (Å²) in [5.41, 5.74) is 0.423. The molecule has 1 saturated heterocycles. The lowest BCUT2D eigenvalue weighted by molar-refractivity contribution is 0.0658. The molecular weight excluding hydrogens is 242 g/mol. The van der Waals surface area contributed by atoms with Crippen LogP contribution in [0.2, 0.25) is 0 Å². The van der Waals surface area contributed by atoms with Gasteiger partial charge in [0.25, 0.3) is 5.91 Å². The van der Waals surface area contributed by atoms with E-state index in [9.17, 15) is 4.79 Å². The van der Waals surface area contributed by atoms with Crippen molar-refractivity contribution in [3.8, 4) is 0 Å². The number of hydrogen-bond donors (Lipinski definition) is 1. The molecule has 0 atom stereocenters. The molecular formula is C13H21N5O. The standard InChI is InChI=1S/C13H21N5O/c1-3-4-14-12-10-15-11(9-16-12)13(19)18-7-5-17(2)6-8-18/h9-10H,3-8H2,1-2H3,(H,14,16). The maximum Gasteiger partial charge on any atom is 0.274 e. The molecule has 104 valence electrons. The van der Waals surface area contributed by atoms with Crippen LogP contribution >= 0.6 is 0 Å². The maximum absolute atomic E-state index is 12.2. The Labute approximate surface area is 113 Å². The predicted octanol–water partition coefficient (Wildman–Crippen LogP) is 0.686. The molecule has 1 aromatic heterocycles. The van der Waals surface area contributed by atoms with E-state index in [0.29, 0.717) is 5.69 Å². The number of carbonyl (C=O) groups excluding carboxylic acids is 1. The molecule has 1 amide bonds. The average molecular weight is 263 g/mol. The van der Waals surface area contributed by atoms with E-state index >= 15 is 0 Å². The van der Waals surface area contributed by atoms with E-state index in [4.69, 9.17) is 0 Å². The topological polar surface area (TPSA) is 61.4 Å². The van der Waals surface area contributed by atoms with Gasteiger partial charge in [-0.15, -0.1) is 0 Å². The van der Waals surface area contributed by atoms with Crippen LogP contribution in [0.25, 0.3) is 0 Å². The number of anilines is 1. The van der Waals surface area contributed by atoms with Crippen LogP contribution in [0, 0.1) is 0 Å². The van der Waals surface area contributed by atoms with Crippen molar-refractivity contribution < 1.29 is 4.79 Å². The van der Waals surface area contributed by atoms with Gasteiger partial charge in [-0.2, -0.15) is 0 Å². The van der Waals surface area contributed by atoms with Crippen LogP contribution in [0.4, 0.5) is 5.82 Å². The number of likely N-dealkylation sites (N-methyl/N-ethyl adjacent to an activating group) is 1. The Balaban J connectivity index is 1.95. The molecule has 1 aliphatic heterocycles. The van der Waals surface area contributed by atoms with Gasteiger partial charge in [-0.1, -0.05) is 6.92 Å². The zero-order valence-electron chi connectivity index (χ0n) is 11.6. The minimum Gasteiger partial charge on any atom is -0.369 e. The smallest absolute Gasteiger partial charge is 0.274 e. The molecule has 0 aliphatic carbocycles. The first kappa shape index (κ1) is 13.7. The van der Waals surface area contributed by atoms with Crippen LogP contribution in [-0.2, 0) is 0 Å². The van der Waals surface area contributed by atoms with E-state index in [0.717, 1.165) is 45.0 Å². The summed E-state index contributed by atoms with van der Waals surface area (Å²) in [6, 6.07) is 0. The number of nitrogens with one attached hydrogen (secondary N) is 1. The molecule has 6 nitrogen and oxygen atoms in total. The highest BCUT2D eigenvalue weighted by atomic mass is 16.2. The minimum atomic E-state index is -0.0253. The molecule has 6 heteroatoms. The van der Waals surface area contributed by atoms with Crippen LogP contribution in [-0.4, -0.2) is 65.4 Å². The van der Waals surface area contributed by atoms with Gasteiger partial charge in [0, 0.05) is 32.7 Å². The lowest BCUT2D eigenvalue weighted by atomic mass is 10.3. The average Bonchev–Trinajstić information content (AvgIpc) is 2.46. The summed E-state index contributed by atoms with van der Waals surface area (Å²) in [6.45, 7) is 6.29. The van der Waals surface area contributed by atoms with Gasteiger partial charge in [0.2, 0.25) is 0 Å². The monoisotopic (exact) mass is 263 g/mol. The summed E-state index contributed by atoms with van der Waals surface area (Å²) in [4.78, 5) is 24.7. The fraction of sp³-hybridized carbons (Fsp3) is 0.615. The molecule has 0 spiro atoms. The molecule has 0 bridgehead atoms. The van der Waals surface area contributed by atoms with Crippen molar-refractivity contribution in [2.75, 3.05) is 45.1 Å². The minimum absolute atomic E-state index is 0.0253. The van der Waals surface area contributed by atoms with Crippen molar-refractivity contribution in [2.24, 2.45) is 0 Å². The molecule has 1 aliphatic rings. The molecule has 19 heavy (non-hydrogen) atoms. The van der Waals surface area contributed by atoms with Crippen LogP contribution in [0.1, 0.15) is 23.8 Å². The number of carbonyl (C=O) groups is 1. The third-order valence-corrected chi connectivity index (χ3v) is 3.22. The van der Waals surface area contributed by atoms with Gasteiger partial charge < -0.3 is 15.1 Å². The zero-order chi connectivity index (χ0) is 13.7. The molecule has 1 N–H and O–H groups in total. The quantitative estimate of drug-likeness (QED) is 0.866. The maximum atomic E-state index is 12.2. The second-order valence-electron chi connectivity index (χ2n) is 4.81. The van der Waals surface area contributed by atoms with Gasteiger partial charge in [-0.3, -0.25) is 4.79 Å². The Morgan fingerprint density at radius 3 is 2.58 bits per heavy atom. The van der Waals surface area contributed by atoms with Gasteiger partial charge in [-0.05, 0) is 13.5 Å². The Hall–Kier alpha value is -1.69. The Bertz CT molecular complexity index is 412. The molecule has 2 heterocycles. The first-order valence-corrected chi connectivity index (χ1v) is 6.74. The van der Waals surface area contributed by atoms with E-state index in [1.165, 1.54) is 0 Å². The summed E-state index contributed by atoms with van der Waals surface area (Å²) in [5.74, 6) is 0.694. The largest absolute Gasteiger partial charge is 0.369 e. The number of amides is 1. The van der Waals surface area contributed by atoms with E-state index in [1.54, 1.807) is 12.4 Å². The van der Waals surface area contributed by atoms with Crippen LogP contribution < -0.4 is 5.32 Å². The number of nitrogens with zero attached hydrogens (tertiary/aromatic N) is 4. The first-order valence-electron chi connectivity index (χ1n) is 6.74. The van der Waals surface area contributed by atoms with Crippen LogP contribution in [0.5, 0.6) is 0 Å². The van der Waals surface area contributed by atoms with Gasteiger partial charge in [-0.25, -0.2) is 9.97 Å². The van der Waals surface area contributed by atoms with Crippen molar-refractivity contribution in [1.82, 2.24) is 19.8 Å². The third kappa shape index (κ3) is 3.64. The first-order chi connectivity index (χ1) is 9.20. The molecule has 1 fully saturated rings. The fourth-order valence-electron chi connectivity index (χ4n) is 1.95. The van der Waals surface area contributed by atoms with Crippen molar-refractivity contribution in [3.05, 3.63) is 18.1 Å². The highest BCUT2D eigenvalue weighted by Crippen LogP contribution is 2.07. The molecule has 0 saturated carbocycles. The normalized spacial score (nSPS) is 16.4. The summed E-state index contributed by atoms with van der Waals surface area (Å²) >= 11 is 0. The van der Waals surface area contributed by atoms with Crippen molar-refractivity contribution >= 4 is 11.7 Å². The van der Waals surface area contributed by atoms with Gasteiger partial charge in [0.05, 0.1) is 12.4 Å². The molecule has 1 aromatic rings. The summed E-state index contributed by atoms with van der Waals surface area (Å²) < 4.78 is 0. The lowest BCUT2D eigenvalue weighted by Crippen LogP contribution is -2.47. The molecule has 0 aromatic carbocycles. The molecule has 0 radical (unpaired) electrons. The predicted molar refractivity (Wildman–Crippen MR) is 74.2 cm³/mol. The van der Waals surface area contributed by atoms with E-state index in [2.05, 4.69) is 34.2 Å².